The van der Waals surface area contributed by atoms with E-state index in [-0.39, 0.29) is 12.1 Å². The molecule has 6 nitrogen and oxygen atoms in total. The van der Waals surface area contributed by atoms with Gasteiger partial charge in [0.15, 0.2) is 5.82 Å². The smallest absolute Gasteiger partial charge is 0.407 e. The number of nitrogens with one attached hydrogen (secondary N) is 1. The molecule has 1 saturated heterocycles. The Morgan fingerprint density at radius 3 is 2.81 bits per heavy atom. The lowest BCUT2D eigenvalue weighted by Gasteiger charge is -2.26. The standard InChI is InChI=1S/C15H24N4O2/c1-11-7-8-13(18-17-11)19-9-5-6-12(19)10-16-14(20)21-15(2,3)4/h7-8,12H,5-6,9-10H2,1-4H3,(H,16,20)/t12-/m0/s1. The van der Waals surface area contributed by atoms with Gasteiger partial charge in [-0.15, -0.1) is 5.10 Å². The number of carbonyl (C=O) groups excluding carboxylic acids is 1. The lowest BCUT2D eigenvalue weighted by Crippen LogP contribution is -2.42. The van der Waals surface area contributed by atoms with Crippen LogP contribution in [0.3, 0.4) is 0 Å². The molecule has 116 valence electrons. The van der Waals surface area contributed by atoms with Crippen LogP contribution in [0.2, 0.25) is 0 Å². The molecule has 1 aliphatic rings. The van der Waals surface area contributed by atoms with Gasteiger partial charge in [-0.1, -0.05) is 0 Å². The number of amides is 1. The van der Waals surface area contributed by atoms with E-state index in [0.717, 1.165) is 30.9 Å². The largest absolute Gasteiger partial charge is 0.444 e. The zero-order valence-corrected chi connectivity index (χ0v) is 13.2. The highest BCUT2D eigenvalue weighted by atomic mass is 16.6. The summed E-state index contributed by atoms with van der Waals surface area (Å²) in [6, 6.07) is 4.18. The van der Waals surface area contributed by atoms with Crippen molar-refractivity contribution in [1.29, 1.82) is 0 Å². The number of aryl methyl sites for hydroxylation is 1. The molecule has 1 amide bonds. The summed E-state index contributed by atoms with van der Waals surface area (Å²) in [7, 11) is 0. The number of rotatable bonds is 3. The molecule has 1 aromatic rings. The predicted molar refractivity (Wildman–Crippen MR) is 81.4 cm³/mol. The maximum Gasteiger partial charge on any atom is 0.407 e. The van der Waals surface area contributed by atoms with E-state index in [2.05, 4.69) is 20.4 Å². The van der Waals surface area contributed by atoms with Crippen LogP contribution in [0.25, 0.3) is 0 Å². The van der Waals surface area contributed by atoms with Crippen LogP contribution in [-0.4, -0.2) is 41.0 Å². The quantitative estimate of drug-likeness (QED) is 0.925. The van der Waals surface area contributed by atoms with Gasteiger partial charge in [0.1, 0.15) is 5.60 Å². The van der Waals surface area contributed by atoms with E-state index in [4.69, 9.17) is 4.74 Å². The van der Waals surface area contributed by atoms with Gasteiger partial charge in [-0.3, -0.25) is 0 Å². The third-order valence-corrected chi connectivity index (χ3v) is 3.34. The van der Waals surface area contributed by atoms with Gasteiger partial charge < -0.3 is 15.0 Å². The Hall–Kier alpha value is -1.85. The molecule has 1 N–H and O–H groups in total. The first-order valence-electron chi connectivity index (χ1n) is 7.39. The average Bonchev–Trinajstić information content (AvgIpc) is 2.83. The van der Waals surface area contributed by atoms with Gasteiger partial charge in [0.2, 0.25) is 0 Å². The summed E-state index contributed by atoms with van der Waals surface area (Å²) in [6.45, 7) is 8.99. The Bertz CT molecular complexity index is 481. The Morgan fingerprint density at radius 2 is 2.19 bits per heavy atom. The Labute approximate surface area is 125 Å². The minimum Gasteiger partial charge on any atom is -0.444 e. The van der Waals surface area contributed by atoms with Crippen molar-refractivity contribution in [3.8, 4) is 0 Å². The molecule has 2 heterocycles. The maximum atomic E-state index is 11.7. The van der Waals surface area contributed by atoms with Gasteiger partial charge >= 0.3 is 6.09 Å². The first-order chi connectivity index (χ1) is 9.85. The molecule has 0 aliphatic carbocycles. The number of anilines is 1. The van der Waals surface area contributed by atoms with Crippen molar-refractivity contribution < 1.29 is 9.53 Å². The van der Waals surface area contributed by atoms with E-state index in [1.165, 1.54) is 0 Å². The second-order valence-electron chi connectivity index (χ2n) is 6.41. The van der Waals surface area contributed by atoms with E-state index >= 15 is 0 Å². The summed E-state index contributed by atoms with van der Waals surface area (Å²) in [4.78, 5) is 13.9. The maximum absolute atomic E-state index is 11.7. The first kappa shape index (κ1) is 15.5. The third kappa shape index (κ3) is 4.58. The molecule has 0 bridgehead atoms. The van der Waals surface area contributed by atoms with Crippen molar-refractivity contribution in [3.63, 3.8) is 0 Å². The predicted octanol–water partition coefficient (Wildman–Crippen LogP) is 2.28. The van der Waals surface area contributed by atoms with Crippen LogP contribution >= 0.6 is 0 Å². The van der Waals surface area contributed by atoms with Gasteiger partial charge in [-0.25, -0.2) is 4.79 Å². The van der Waals surface area contributed by atoms with Crippen molar-refractivity contribution in [3.05, 3.63) is 17.8 Å². The van der Waals surface area contributed by atoms with Crippen LogP contribution in [-0.2, 0) is 4.74 Å². The number of alkyl carbamates (subject to hydrolysis) is 1. The highest BCUT2D eigenvalue weighted by Crippen LogP contribution is 2.22. The number of carbonyl (C=O) groups is 1. The normalized spacial score (nSPS) is 18.7. The molecule has 6 heteroatoms. The molecule has 0 radical (unpaired) electrons. The van der Waals surface area contributed by atoms with Crippen LogP contribution in [0.1, 0.15) is 39.3 Å². The molecule has 1 aromatic heterocycles. The molecule has 0 aromatic carbocycles. The fraction of sp³-hybridized carbons (Fsp3) is 0.667. The number of aromatic nitrogens is 2. The monoisotopic (exact) mass is 292 g/mol. The molecule has 0 saturated carbocycles. The van der Waals surface area contributed by atoms with Crippen molar-refractivity contribution in [1.82, 2.24) is 15.5 Å². The Morgan fingerprint density at radius 1 is 1.43 bits per heavy atom. The zero-order chi connectivity index (χ0) is 15.5. The minimum atomic E-state index is -0.470. The minimum absolute atomic E-state index is 0.245. The lowest BCUT2D eigenvalue weighted by molar-refractivity contribution is 0.0525. The molecule has 0 unspecified atom stereocenters. The molecular weight excluding hydrogens is 268 g/mol. The fourth-order valence-electron chi connectivity index (χ4n) is 2.41. The van der Waals surface area contributed by atoms with E-state index in [1.54, 1.807) is 0 Å². The topological polar surface area (TPSA) is 67.4 Å². The van der Waals surface area contributed by atoms with Gasteiger partial charge in [0.05, 0.1) is 5.69 Å². The first-order valence-corrected chi connectivity index (χ1v) is 7.39. The van der Waals surface area contributed by atoms with Gasteiger partial charge in [0, 0.05) is 19.1 Å². The summed E-state index contributed by atoms with van der Waals surface area (Å²) in [5.41, 5.74) is 0.434. The molecule has 2 rings (SSSR count). The fourth-order valence-corrected chi connectivity index (χ4v) is 2.41. The van der Waals surface area contributed by atoms with Crippen molar-refractivity contribution >= 4 is 11.9 Å². The number of ether oxygens (including phenoxy) is 1. The van der Waals surface area contributed by atoms with Crippen LogP contribution in [0, 0.1) is 6.92 Å². The number of hydrogen-bond donors (Lipinski definition) is 1. The number of nitrogens with zero attached hydrogens (tertiary/aromatic N) is 3. The summed E-state index contributed by atoms with van der Waals surface area (Å²) < 4.78 is 5.26. The summed E-state index contributed by atoms with van der Waals surface area (Å²) in [5.74, 6) is 0.870. The van der Waals surface area contributed by atoms with Crippen molar-refractivity contribution in [2.45, 2.75) is 52.2 Å². The molecule has 1 atom stereocenters. The summed E-state index contributed by atoms with van der Waals surface area (Å²) in [6.07, 6.45) is 1.76. The van der Waals surface area contributed by atoms with Crippen LogP contribution in [0.4, 0.5) is 10.6 Å². The molecule has 0 spiro atoms. The van der Waals surface area contributed by atoms with Gasteiger partial charge in [-0.2, -0.15) is 5.10 Å². The highest BCUT2D eigenvalue weighted by Gasteiger charge is 2.27. The van der Waals surface area contributed by atoms with E-state index < -0.39 is 5.60 Å². The van der Waals surface area contributed by atoms with Crippen LogP contribution in [0.15, 0.2) is 12.1 Å². The van der Waals surface area contributed by atoms with Gasteiger partial charge in [-0.05, 0) is 52.7 Å². The van der Waals surface area contributed by atoms with Crippen LogP contribution in [0.5, 0.6) is 0 Å². The van der Waals surface area contributed by atoms with Crippen LogP contribution < -0.4 is 10.2 Å². The Balaban J connectivity index is 1.90. The number of hydrogen-bond acceptors (Lipinski definition) is 5. The zero-order valence-electron chi connectivity index (χ0n) is 13.2. The van der Waals surface area contributed by atoms with E-state index in [0.29, 0.717) is 6.54 Å². The van der Waals surface area contributed by atoms with Gasteiger partial charge in [0.25, 0.3) is 0 Å². The molecular formula is C15H24N4O2. The van der Waals surface area contributed by atoms with Crippen molar-refractivity contribution in [2.75, 3.05) is 18.0 Å². The molecule has 1 aliphatic heterocycles. The highest BCUT2D eigenvalue weighted by molar-refractivity contribution is 5.67. The third-order valence-electron chi connectivity index (χ3n) is 3.34. The lowest BCUT2D eigenvalue weighted by atomic mass is 10.2. The summed E-state index contributed by atoms with van der Waals surface area (Å²) >= 11 is 0. The Kier molecular flexibility index (Phi) is 4.65. The molecule has 1 fully saturated rings. The summed E-state index contributed by atoms with van der Waals surface area (Å²) in [5, 5.41) is 11.2. The second-order valence-corrected chi connectivity index (χ2v) is 6.41. The second kappa shape index (κ2) is 6.28. The van der Waals surface area contributed by atoms with Crippen molar-refractivity contribution in [2.24, 2.45) is 0 Å². The van der Waals surface area contributed by atoms with E-state index in [9.17, 15) is 4.79 Å². The molecule has 21 heavy (non-hydrogen) atoms. The van der Waals surface area contributed by atoms with E-state index in [1.807, 2.05) is 39.8 Å². The SMILES string of the molecule is Cc1ccc(N2CCC[C@H]2CNC(=O)OC(C)(C)C)nn1. The average molecular weight is 292 g/mol.